The van der Waals surface area contributed by atoms with Gasteiger partial charge in [-0.2, -0.15) is 5.10 Å². The third-order valence-corrected chi connectivity index (χ3v) is 5.17. The van der Waals surface area contributed by atoms with Gasteiger partial charge in [-0.15, -0.1) is 0 Å². The van der Waals surface area contributed by atoms with Crippen LogP contribution in [0.15, 0.2) is 35.5 Å². The number of halogens is 1. The summed E-state index contributed by atoms with van der Waals surface area (Å²) in [5.74, 6) is -1.45. The number of pyridine rings is 1. The number of hydrogen-bond acceptors (Lipinski definition) is 7. The van der Waals surface area contributed by atoms with Gasteiger partial charge in [0.1, 0.15) is 22.8 Å². The minimum absolute atomic E-state index is 0.0410. The van der Waals surface area contributed by atoms with Crippen molar-refractivity contribution < 1.29 is 23.8 Å². The first-order valence-electron chi connectivity index (χ1n) is 10.2. The Balaban J connectivity index is 1.75. The minimum Gasteiger partial charge on any atom is -0.477 e. The summed E-state index contributed by atoms with van der Waals surface area (Å²) in [6.45, 7) is 5.80. The zero-order valence-electron chi connectivity index (χ0n) is 18.3. The molecule has 3 aromatic rings. The highest BCUT2D eigenvalue weighted by molar-refractivity contribution is 5.94. The Bertz CT molecular complexity index is 1280. The number of fused-ring (bicyclic) bond motifs is 1. The standard InChI is InChI=1S/C21H23FN6O5/c1-21(2,3)33-20(32)26-6-7-27(15(11-26)13-8-12(22)9-23-18(13)29)16-4-5-28-17(25-16)14(10-24-28)19(30)31/h4-5,8-10,15H,6-7,11H2,1-3H3,(H,23,29)(H,30,31). The molecule has 0 spiro atoms. The number of aromatic nitrogens is 4. The van der Waals surface area contributed by atoms with E-state index in [1.165, 1.54) is 15.6 Å². The van der Waals surface area contributed by atoms with Gasteiger partial charge in [0.25, 0.3) is 5.56 Å². The van der Waals surface area contributed by atoms with E-state index in [-0.39, 0.29) is 36.4 Å². The highest BCUT2D eigenvalue weighted by Gasteiger charge is 2.35. The molecule has 33 heavy (non-hydrogen) atoms. The lowest BCUT2D eigenvalue weighted by Gasteiger charge is -2.42. The van der Waals surface area contributed by atoms with Crippen LogP contribution in [-0.4, -0.2) is 66.9 Å². The van der Waals surface area contributed by atoms with E-state index in [0.29, 0.717) is 5.82 Å². The van der Waals surface area contributed by atoms with E-state index in [9.17, 15) is 23.9 Å². The van der Waals surface area contributed by atoms with Gasteiger partial charge >= 0.3 is 12.1 Å². The fourth-order valence-corrected chi connectivity index (χ4v) is 3.71. The summed E-state index contributed by atoms with van der Waals surface area (Å²) in [4.78, 5) is 46.8. The molecule has 1 fully saturated rings. The number of aromatic amines is 1. The van der Waals surface area contributed by atoms with Crippen molar-refractivity contribution in [2.24, 2.45) is 0 Å². The van der Waals surface area contributed by atoms with Gasteiger partial charge in [0, 0.05) is 37.6 Å². The van der Waals surface area contributed by atoms with Crippen molar-refractivity contribution in [1.82, 2.24) is 24.5 Å². The van der Waals surface area contributed by atoms with Crippen molar-refractivity contribution in [2.75, 3.05) is 24.5 Å². The first-order valence-corrected chi connectivity index (χ1v) is 10.2. The number of piperazine rings is 1. The van der Waals surface area contributed by atoms with Crippen LogP contribution in [0.5, 0.6) is 0 Å². The molecule has 0 aromatic carbocycles. The molecule has 12 heteroatoms. The quantitative estimate of drug-likeness (QED) is 0.609. The second-order valence-corrected chi connectivity index (χ2v) is 8.66. The molecule has 0 saturated carbocycles. The second kappa shape index (κ2) is 8.19. The zero-order valence-corrected chi connectivity index (χ0v) is 18.3. The smallest absolute Gasteiger partial charge is 0.410 e. The number of rotatable bonds is 3. The van der Waals surface area contributed by atoms with Crippen molar-refractivity contribution in [3.63, 3.8) is 0 Å². The van der Waals surface area contributed by atoms with Gasteiger partial charge in [-0.05, 0) is 32.9 Å². The third kappa shape index (κ3) is 4.49. The molecule has 4 heterocycles. The number of carboxylic acids is 1. The van der Waals surface area contributed by atoms with Crippen LogP contribution >= 0.6 is 0 Å². The molecular formula is C21H23FN6O5. The van der Waals surface area contributed by atoms with Crippen molar-refractivity contribution in [2.45, 2.75) is 32.4 Å². The summed E-state index contributed by atoms with van der Waals surface area (Å²) in [6, 6.07) is 1.99. The van der Waals surface area contributed by atoms with Crippen LogP contribution in [0, 0.1) is 5.82 Å². The maximum atomic E-state index is 14.0. The van der Waals surface area contributed by atoms with Crippen molar-refractivity contribution in [1.29, 1.82) is 0 Å². The summed E-state index contributed by atoms with van der Waals surface area (Å²) in [5.41, 5.74) is -1.06. The summed E-state index contributed by atoms with van der Waals surface area (Å²) in [5, 5.41) is 13.4. The lowest BCUT2D eigenvalue weighted by atomic mass is 10.0. The molecule has 1 unspecified atom stereocenters. The number of H-pyrrole nitrogens is 1. The van der Waals surface area contributed by atoms with Gasteiger partial charge in [0.05, 0.1) is 12.2 Å². The molecule has 0 aliphatic carbocycles. The number of anilines is 1. The predicted octanol–water partition coefficient (Wildman–Crippen LogP) is 2.05. The van der Waals surface area contributed by atoms with Crippen LogP contribution in [0.25, 0.3) is 5.65 Å². The van der Waals surface area contributed by atoms with Gasteiger partial charge in [-0.3, -0.25) is 4.79 Å². The maximum Gasteiger partial charge on any atom is 0.410 e. The maximum absolute atomic E-state index is 14.0. The monoisotopic (exact) mass is 458 g/mol. The minimum atomic E-state index is -1.18. The van der Waals surface area contributed by atoms with E-state index in [4.69, 9.17) is 4.74 Å². The molecule has 1 aliphatic rings. The lowest BCUT2D eigenvalue weighted by molar-refractivity contribution is 0.0213. The van der Waals surface area contributed by atoms with Gasteiger partial charge in [-0.25, -0.2) is 23.5 Å². The number of carboxylic acid groups (broad SMARTS) is 1. The Hall–Kier alpha value is -3.96. The molecule has 1 aliphatic heterocycles. The molecule has 11 nitrogen and oxygen atoms in total. The largest absolute Gasteiger partial charge is 0.477 e. The molecule has 4 rings (SSSR count). The number of aromatic carboxylic acids is 1. The van der Waals surface area contributed by atoms with Crippen LogP contribution < -0.4 is 10.5 Å². The van der Waals surface area contributed by atoms with E-state index < -0.39 is 35.1 Å². The number of carbonyl (C=O) groups excluding carboxylic acids is 1. The van der Waals surface area contributed by atoms with E-state index in [1.807, 2.05) is 0 Å². The number of ether oxygens (including phenoxy) is 1. The van der Waals surface area contributed by atoms with Crippen LogP contribution in [0.1, 0.15) is 42.7 Å². The molecule has 1 atom stereocenters. The number of amides is 1. The van der Waals surface area contributed by atoms with Gasteiger partial charge in [0.15, 0.2) is 5.65 Å². The molecule has 1 amide bonds. The van der Waals surface area contributed by atoms with Gasteiger partial charge < -0.3 is 24.6 Å². The Kier molecular flexibility index (Phi) is 5.52. The normalized spacial score (nSPS) is 16.8. The fourth-order valence-electron chi connectivity index (χ4n) is 3.71. The predicted molar refractivity (Wildman–Crippen MR) is 115 cm³/mol. The molecule has 174 valence electrons. The van der Waals surface area contributed by atoms with E-state index >= 15 is 0 Å². The zero-order chi connectivity index (χ0) is 23.9. The highest BCUT2D eigenvalue weighted by Crippen LogP contribution is 2.30. The Morgan fingerprint density at radius 3 is 2.76 bits per heavy atom. The van der Waals surface area contributed by atoms with Crippen molar-refractivity contribution >= 4 is 23.5 Å². The lowest BCUT2D eigenvalue weighted by Crippen LogP contribution is -2.53. The van der Waals surface area contributed by atoms with Crippen LogP contribution in [0.4, 0.5) is 15.0 Å². The molecule has 0 radical (unpaired) electrons. The average molecular weight is 458 g/mol. The average Bonchev–Trinajstić information content (AvgIpc) is 3.17. The summed E-state index contributed by atoms with van der Waals surface area (Å²) < 4.78 is 20.8. The first-order chi connectivity index (χ1) is 15.5. The molecular weight excluding hydrogens is 435 g/mol. The SMILES string of the molecule is CC(C)(C)OC(=O)N1CCN(c2ccn3ncc(C(=O)O)c3n2)C(c2cc(F)c[nH]c2=O)C1. The molecule has 3 aromatic heterocycles. The Morgan fingerprint density at radius 1 is 1.30 bits per heavy atom. The second-order valence-electron chi connectivity index (χ2n) is 8.66. The van der Waals surface area contributed by atoms with Crippen LogP contribution in [0.2, 0.25) is 0 Å². The summed E-state index contributed by atoms with van der Waals surface area (Å²) in [6.07, 6.45) is 3.16. The Morgan fingerprint density at radius 2 is 2.06 bits per heavy atom. The van der Waals surface area contributed by atoms with E-state index in [2.05, 4.69) is 15.1 Å². The van der Waals surface area contributed by atoms with Crippen molar-refractivity contribution in [3.8, 4) is 0 Å². The van der Waals surface area contributed by atoms with E-state index in [0.717, 1.165) is 12.3 Å². The van der Waals surface area contributed by atoms with E-state index in [1.54, 1.807) is 37.9 Å². The molecule has 2 N–H and O–H groups in total. The topological polar surface area (TPSA) is 133 Å². The Labute approximate surface area is 187 Å². The number of hydrogen-bond donors (Lipinski definition) is 2. The fraction of sp³-hybridized carbons (Fsp3) is 0.381. The number of nitrogens with one attached hydrogen (secondary N) is 1. The van der Waals surface area contributed by atoms with Crippen molar-refractivity contribution in [3.05, 3.63) is 58.0 Å². The third-order valence-electron chi connectivity index (χ3n) is 5.17. The number of nitrogens with zero attached hydrogens (tertiary/aromatic N) is 5. The molecule has 0 bridgehead atoms. The summed E-state index contributed by atoms with van der Waals surface area (Å²) in [7, 11) is 0. The van der Waals surface area contributed by atoms with Gasteiger partial charge in [-0.1, -0.05) is 0 Å². The first kappa shape index (κ1) is 22.2. The van der Waals surface area contributed by atoms with Crippen LogP contribution in [0.3, 0.4) is 0 Å². The number of carbonyl (C=O) groups is 2. The highest BCUT2D eigenvalue weighted by atomic mass is 19.1. The summed E-state index contributed by atoms with van der Waals surface area (Å²) >= 11 is 0. The van der Waals surface area contributed by atoms with Gasteiger partial charge in [0.2, 0.25) is 0 Å². The van der Waals surface area contributed by atoms with Crippen LogP contribution in [-0.2, 0) is 4.74 Å². The molecule has 1 saturated heterocycles.